The van der Waals surface area contributed by atoms with E-state index in [2.05, 4.69) is 31.4 Å². The third-order valence-corrected chi connectivity index (χ3v) is 2.78. The van der Waals surface area contributed by atoms with Gasteiger partial charge in [0.15, 0.2) is 5.82 Å². The highest BCUT2D eigenvalue weighted by Crippen LogP contribution is 2.15. The maximum absolute atomic E-state index is 4.26. The summed E-state index contributed by atoms with van der Waals surface area (Å²) in [5, 5.41) is 8.69. The number of aryl methyl sites for hydroxylation is 1. The van der Waals surface area contributed by atoms with Crippen LogP contribution in [-0.2, 0) is 20.1 Å². The molecule has 6 nitrogen and oxygen atoms in total. The molecule has 0 fully saturated rings. The van der Waals surface area contributed by atoms with E-state index < -0.39 is 0 Å². The molecule has 0 atom stereocenters. The Morgan fingerprint density at radius 3 is 3.11 bits per heavy atom. The van der Waals surface area contributed by atoms with E-state index in [1.807, 2.05) is 19.3 Å². The second-order valence-electron chi connectivity index (χ2n) is 4.15. The molecule has 2 N–H and O–H groups in total. The van der Waals surface area contributed by atoms with Gasteiger partial charge in [-0.3, -0.25) is 4.68 Å². The molecule has 18 heavy (non-hydrogen) atoms. The molecule has 0 aliphatic carbocycles. The third kappa shape index (κ3) is 2.10. The molecule has 3 heterocycles. The first-order chi connectivity index (χ1) is 8.83. The van der Waals surface area contributed by atoms with Crippen molar-refractivity contribution in [1.82, 2.24) is 30.0 Å². The Bertz CT molecular complexity index is 653. The van der Waals surface area contributed by atoms with E-state index in [0.717, 1.165) is 23.4 Å². The zero-order chi connectivity index (χ0) is 12.4. The van der Waals surface area contributed by atoms with Crippen LogP contribution < -0.4 is 5.32 Å². The molecule has 6 heteroatoms. The second kappa shape index (κ2) is 4.58. The average Bonchev–Trinajstić information content (AvgIpc) is 2.97. The molecule has 0 bridgehead atoms. The highest BCUT2D eigenvalue weighted by molar-refractivity contribution is 5.79. The van der Waals surface area contributed by atoms with Gasteiger partial charge in [-0.05, 0) is 17.7 Å². The number of pyridine rings is 1. The van der Waals surface area contributed by atoms with Gasteiger partial charge >= 0.3 is 0 Å². The molecule has 3 aromatic rings. The Hall–Kier alpha value is -2.21. The lowest BCUT2D eigenvalue weighted by Crippen LogP contribution is -2.13. The topological polar surface area (TPSA) is 71.4 Å². The molecule has 0 aliphatic rings. The number of rotatable bonds is 4. The number of hydrogen-bond donors (Lipinski definition) is 2. The number of H-pyrrole nitrogens is 1. The van der Waals surface area contributed by atoms with Gasteiger partial charge in [-0.1, -0.05) is 0 Å². The lowest BCUT2D eigenvalue weighted by atomic mass is 10.2. The van der Waals surface area contributed by atoms with Crippen molar-refractivity contribution in [2.45, 2.75) is 13.1 Å². The van der Waals surface area contributed by atoms with Crippen molar-refractivity contribution in [2.75, 3.05) is 0 Å². The molecule has 0 spiro atoms. The first-order valence-corrected chi connectivity index (χ1v) is 5.79. The van der Waals surface area contributed by atoms with E-state index >= 15 is 0 Å². The average molecular weight is 242 g/mol. The van der Waals surface area contributed by atoms with Crippen LogP contribution in [0.2, 0.25) is 0 Å². The van der Waals surface area contributed by atoms with Gasteiger partial charge in [0, 0.05) is 31.4 Å². The summed E-state index contributed by atoms with van der Waals surface area (Å²) in [6, 6.07) is 4.01. The number of fused-ring (bicyclic) bond motifs is 1. The maximum atomic E-state index is 4.26. The van der Waals surface area contributed by atoms with Gasteiger partial charge in [-0.15, -0.1) is 0 Å². The molecular weight excluding hydrogens is 228 g/mol. The lowest BCUT2D eigenvalue weighted by molar-refractivity contribution is 0.651. The van der Waals surface area contributed by atoms with Crippen LogP contribution >= 0.6 is 0 Å². The zero-order valence-electron chi connectivity index (χ0n) is 10.1. The fourth-order valence-electron chi connectivity index (χ4n) is 1.93. The van der Waals surface area contributed by atoms with Crippen LogP contribution in [0, 0.1) is 0 Å². The van der Waals surface area contributed by atoms with Gasteiger partial charge in [0.25, 0.3) is 0 Å². The largest absolute Gasteiger partial charge is 0.346 e. The van der Waals surface area contributed by atoms with Gasteiger partial charge < -0.3 is 10.3 Å². The molecular formula is C12H14N6. The predicted molar refractivity (Wildman–Crippen MR) is 67.6 cm³/mol. The van der Waals surface area contributed by atoms with Crippen LogP contribution in [0.15, 0.2) is 30.9 Å². The molecule has 3 aromatic heterocycles. The summed E-state index contributed by atoms with van der Waals surface area (Å²) in [5.74, 6) is 0.801. The van der Waals surface area contributed by atoms with E-state index in [4.69, 9.17) is 0 Å². The summed E-state index contributed by atoms with van der Waals surface area (Å²) in [4.78, 5) is 11.6. The number of nitrogens with one attached hydrogen (secondary N) is 2. The van der Waals surface area contributed by atoms with Crippen LogP contribution in [0.25, 0.3) is 11.0 Å². The minimum atomic E-state index is 0.660. The Morgan fingerprint density at radius 1 is 1.33 bits per heavy atom. The summed E-state index contributed by atoms with van der Waals surface area (Å²) in [6.07, 6.45) is 5.47. The van der Waals surface area contributed by atoms with Crippen LogP contribution in [0.5, 0.6) is 0 Å². The van der Waals surface area contributed by atoms with Gasteiger partial charge in [0.05, 0.1) is 6.54 Å². The highest BCUT2D eigenvalue weighted by atomic mass is 15.3. The lowest BCUT2D eigenvalue weighted by Gasteiger charge is -2.00. The van der Waals surface area contributed by atoms with Crippen LogP contribution in [-0.4, -0.2) is 24.7 Å². The van der Waals surface area contributed by atoms with E-state index in [0.29, 0.717) is 6.54 Å². The number of hydrogen-bond acceptors (Lipinski definition) is 4. The number of aromatic nitrogens is 5. The molecule has 0 aromatic carbocycles. The van der Waals surface area contributed by atoms with Crippen LogP contribution in [0.1, 0.15) is 11.4 Å². The smallest absolute Gasteiger partial charge is 0.164 e. The number of nitrogens with zero attached hydrogens (tertiary/aromatic N) is 4. The van der Waals surface area contributed by atoms with Crippen molar-refractivity contribution in [1.29, 1.82) is 0 Å². The van der Waals surface area contributed by atoms with Crippen molar-refractivity contribution in [3.63, 3.8) is 0 Å². The summed E-state index contributed by atoms with van der Waals surface area (Å²) in [7, 11) is 1.86. The van der Waals surface area contributed by atoms with Gasteiger partial charge in [-0.25, -0.2) is 9.97 Å². The van der Waals surface area contributed by atoms with Crippen LogP contribution in [0.3, 0.4) is 0 Å². The standard InChI is InChI=1S/C12H14N6/c1-18-8-16-11(17-18)7-13-5-9-6-15-12-10(9)3-2-4-14-12/h2-4,6,8,13H,5,7H2,1H3,(H,14,15). The molecule has 0 unspecified atom stereocenters. The normalized spacial score (nSPS) is 11.2. The Balaban J connectivity index is 1.66. The summed E-state index contributed by atoms with van der Waals surface area (Å²) >= 11 is 0. The maximum Gasteiger partial charge on any atom is 0.164 e. The van der Waals surface area contributed by atoms with E-state index in [-0.39, 0.29) is 0 Å². The van der Waals surface area contributed by atoms with Crippen molar-refractivity contribution in [3.05, 3.63) is 42.2 Å². The predicted octanol–water partition coefficient (Wildman–Crippen LogP) is 0.981. The number of aromatic amines is 1. The fourth-order valence-corrected chi connectivity index (χ4v) is 1.93. The monoisotopic (exact) mass is 242 g/mol. The summed E-state index contributed by atoms with van der Waals surface area (Å²) in [6.45, 7) is 1.43. The molecule has 3 rings (SSSR count). The van der Waals surface area contributed by atoms with Crippen LogP contribution in [0.4, 0.5) is 0 Å². The Kier molecular flexibility index (Phi) is 2.77. The Labute approximate surface area is 104 Å². The van der Waals surface area contributed by atoms with E-state index in [1.165, 1.54) is 5.56 Å². The minimum absolute atomic E-state index is 0.660. The Morgan fingerprint density at radius 2 is 2.28 bits per heavy atom. The van der Waals surface area contributed by atoms with Gasteiger partial charge in [0.1, 0.15) is 12.0 Å². The summed E-state index contributed by atoms with van der Waals surface area (Å²) < 4.78 is 1.70. The quantitative estimate of drug-likeness (QED) is 0.715. The zero-order valence-corrected chi connectivity index (χ0v) is 10.1. The first kappa shape index (κ1) is 10.9. The fraction of sp³-hybridized carbons (Fsp3) is 0.250. The van der Waals surface area contributed by atoms with Gasteiger partial charge in [0.2, 0.25) is 0 Å². The van der Waals surface area contributed by atoms with Crippen molar-refractivity contribution in [3.8, 4) is 0 Å². The third-order valence-electron chi connectivity index (χ3n) is 2.78. The molecule has 0 saturated heterocycles. The molecule has 0 amide bonds. The minimum Gasteiger partial charge on any atom is -0.346 e. The van der Waals surface area contributed by atoms with Crippen molar-refractivity contribution < 1.29 is 0 Å². The van der Waals surface area contributed by atoms with Gasteiger partial charge in [-0.2, -0.15) is 5.10 Å². The summed E-state index contributed by atoms with van der Waals surface area (Å²) in [5.41, 5.74) is 2.12. The van der Waals surface area contributed by atoms with E-state index in [1.54, 1.807) is 17.2 Å². The first-order valence-electron chi connectivity index (χ1n) is 5.79. The van der Waals surface area contributed by atoms with Crippen molar-refractivity contribution in [2.24, 2.45) is 7.05 Å². The molecule has 0 aliphatic heterocycles. The van der Waals surface area contributed by atoms with E-state index in [9.17, 15) is 0 Å². The highest BCUT2D eigenvalue weighted by Gasteiger charge is 2.04. The molecule has 0 radical (unpaired) electrons. The SMILES string of the molecule is Cn1cnc(CNCc2c[nH]c3ncccc23)n1. The van der Waals surface area contributed by atoms with Crippen molar-refractivity contribution >= 4 is 11.0 Å². The second-order valence-corrected chi connectivity index (χ2v) is 4.15. The molecule has 92 valence electrons. The molecule has 0 saturated carbocycles.